The molecular weight excluding hydrogens is 212 g/mol. The van der Waals surface area contributed by atoms with Crippen molar-refractivity contribution >= 4 is 5.91 Å². The van der Waals surface area contributed by atoms with Crippen molar-refractivity contribution < 1.29 is 4.79 Å². The van der Waals surface area contributed by atoms with Gasteiger partial charge in [-0.15, -0.1) is 0 Å². The van der Waals surface area contributed by atoms with Gasteiger partial charge in [-0.25, -0.2) is 0 Å². The number of pyridine rings is 1. The summed E-state index contributed by atoms with van der Waals surface area (Å²) in [5.41, 5.74) is 0.699. The third-order valence-electron chi connectivity index (χ3n) is 3.97. The standard InChI is InChI=1S/C14H20N2O/c1-10-4-3-5-13(11(10)2)16-14(17)12-6-8-15-9-7-12/h6-11,13H,3-5H2,1-2H3,(H,16,17)/t10-,11+,13+/m1/s1. The molecule has 0 radical (unpaired) electrons. The number of hydrogen-bond acceptors (Lipinski definition) is 2. The van der Waals surface area contributed by atoms with Gasteiger partial charge in [-0.3, -0.25) is 9.78 Å². The molecule has 1 amide bonds. The second-order valence-corrected chi connectivity index (χ2v) is 5.08. The summed E-state index contributed by atoms with van der Waals surface area (Å²) in [5.74, 6) is 1.29. The summed E-state index contributed by atoms with van der Waals surface area (Å²) >= 11 is 0. The third-order valence-corrected chi connectivity index (χ3v) is 3.97. The predicted molar refractivity (Wildman–Crippen MR) is 67.7 cm³/mol. The minimum atomic E-state index is 0.0263. The van der Waals surface area contributed by atoms with Crippen LogP contribution < -0.4 is 5.32 Å². The first-order valence-electron chi connectivity index (χ1n) is 6.39. The smallest absolute Gasteiger partial charge is 0.251 e. The molecule has 1 aliphatic rings. The molecule has 17 heavy (non-hydrogen) atoms. The van der Waals surface area contributed by atoms with E-state index >= 15 is 0 Å². The van der Waals surface area contributed by atoms with Crippen LogP contribution in [0.4, 0.5) is 0 Å². The summed E-state index contributed by atoms with van der Waals surface area (Å²) in [4.78, 5) is 15.9. The van der Waals surface area contributed by atoms with Gasteiger partial charge in [0.1, 0.15) is 0 Å². The second-order valence-electron chi connectivity index (χ2n) is 5.08. The lowest BCUT2D eigenvalue weighted by Gasteiger charge is -2.34. The molecular formula is C14H20N2O. The maximum Gasteiger partial charge on any atom is 0.251 e. The highest BCUT2D eigenvalue weighted by Gasteiger charge is 2.28. The lowest BCUT2D eigenvalue weighted by Crippen LogP contribution is -2.43. The number of hydrogen-bond donors (Lipinski definition) is 1. The largest absolute Gasteiger partial charge is 0.349 e. The Morgan fingerprint density at radius 2 is 2.00 bits per heavy atom. The van der Waals surface area contributed by atoms with Gasteiger partial charge in [0.15, 0.2) is 0 Å². The van der Waals surface area contributed by atoms with Crippen LogP contribution in [0, 0.1) is 11.8 Å². The molecule has 2 rings (SSSR count). The van der Waals surface area contributed by atoms with E-state index in [2.05, 4.69) is 24.1 Å². The zero-order valence-electron chi connectivity index (χ0n) is 10.5. The summed E-state index contributed by atoms with van der Waals surface area (Å²) in [5, 5.41) is 3.15. The highest BCUT2D eigenvalue weighted by molar-refractivity contribution is 5.94. The average Bonchev–Trinajstić information content (AvgIpc) is 2.36. The second kappa shape index (κ2) is 5.30. The van der Waals surface area contributed by atoms with Crippen LogP contribution in [-0.2, 0) is 0 Å². The SMILES string of the molecule is C[C@H]1[C@H](C)CCC[C@@H]1NC(=O)c1ccncc1. The first kappa shape index (κ1) is 12.1. The Balaban J connectivity index is 1.99. The molecule has 0 spiro atoms. The van der Waals surface area contributed by atoms with Gasteiger partial charge in [-0.1, -0.05) is 26.7 Å². The Labute approximate surface area is 103 Å². The van der Waals surface area contributed by atoms with Gasteiger partial charge in [0, 0.05) is 24.0 Å². The van der Waals surface area contributed by atoms with Crippen molar-refractivity contribution in [1.82, 2.24) is 10.3 Å². The van der Waals surface area contributed by atoms with Crippen molar-refractivity contribution in [2.75, 3.05) is 0 Å². The van der Waals surface area contributed by atoms with Gasteiger partial charge in [0.25, 0.3) is 5.91 Å². The normalized spacial score (nSPS) is 28.7. The molecule has 0 saturated heterocycles. The first-order valence-corrected chi connectivity index (χ1v) is 6.39. The molecule has 92 valence electrons. The maximum atomic E-state index is 12.0. The number of aromatic nitrogens is 1. The quantitative estimate of drug-likeness (QED) is 0.851. The monoisotopic (exact) mass is 232 g/mol. The minimum Gasteiger partial charge on any atom is -0.349 e. The molecule has 1 heterocycles. The maximum absolute atomic E-state index is 12.0. The number of amides is 1. The van der Waals surface area contributed by atoms with Crippen molar-refractivity contribution in [3.05, 3.63) is 30.1 Å². The fourth-order valence-corrected chi connectivity index (χ4v) is 2.54. The number of nitrogens with one attached hydrogen (secondary N) is 1. The molecule has 1 aromatic rings. The van der Waals surface area contributed by atoms with Gasteiger partial charge in [-0.05, 0) is 30.4 Å². The zero-order chi connectivity index (χ0) is 12.3. The zero-order valence-corrected chi connectivity index (χ0v) is 10.5. The lowest BCUT2D eigenvalue weighted by molar-refractivity contribution is 0.0891. The van der Waals surface area contributed by atoms with Crippen LogP contribution in [0.1, 0.15) is 43.5 Å². The molecule has 1 aromatic heterocycles. The van der Waals surface area contributed by atoms with E-state index in [4.69, 9.17) is 0 Å². The molecule has 3 nitrogen and oxygen atoms in total. The van der Waals surface area contributed by atoms with Crippen molar-refractivity contribution in [2.45, 2.75) is 39.2 Å². The topological polar surface area (TPSA) is 42.0 Å². The Morgan fingerprint density at radius 3 is 2.71 bits per heavy atom. The van der Waals surface area contributed by atoms with Gasteiger partial charge in [0.2, 0.25) is 0 Å². The van der Waals surface area contributed by atoms with E-state index in [-0.39, 0.29) is 5.91 Å². The Hall–Kier alpha value is -1.38. The summed E-state index contributed by atoms with van der Waals surface area (Å²) in [6, 6.07) is 3.83. The molecule has 3 heteroatoms. The number of rotatable bonds is 2. The van der Waals surface area contributed by atoms with Gasteiger partial charge in [0.05, 0.1) is 0 Å². The summed E-state index contributed by atoms with van der Waals surface area (Å²) < 4.78 is 0. The van der Waals surface area contributed by atoms with E-state index < -0.39 is 0 Å². The van der Waals surface area contributed by atoms with Crippen LogP contribution in [0.3, 0.4) is 0 Å². The molecule has 0 aliphatic heterocycles. The van der Waals surface area contributed by atoms with Gasteiger partial charge in [-0.2, -0.15) is 0 Å². The number of nitrogens with zero attached hydrogens (tertiary/aromatic N) is 1. The third kappa shape index (κ3) is 2.84. The molecule has 0 aromatic carbocycles. The fourth-order valence-electron chi connectivity index (χ4n) is 2.54. The van der Waals surface area contributed by atoms with E-state index in [0.29, 0.717) is 23.4 Å². The van der Waals surface area contributed by atoms with Crippen molar-refractivity contribution in [1.29, 1.82) is 0 Å². The van der Waals surface area contributed by atoms with E-state index in [1.165, 1.54) is 12.8 Å². The molecule has 1 saturated carbocycles. The first-order chi connectivity index (χ1) is 8.18. The minimum absolute atomic E-state index is 0.0263. The van der Waals surface area contributed by atoms with Crippen LogP contribution >= 0.6 is 0 Å². The Morgan fingerprint density at radius 1 is 1.29 bits per heavy atom. The lowest BCUT2D eigenvalue weighted by atomic mass is 9.78. The average molecular weight is 232 g/mol. The highest BCUT2D eigenvalue weighted by atomic mass is 16.1. The summed E-state index contributed by atoms with van der Waals surface area (Å²) in [7, 11) is 0. The Bertz CT molecular complexity index is 377. The van der Waals surface area contributed by atoms with Crippen LogP contribution in [0.15, 0.2) is 24.5 Å². The molecule has 1 fully saturated rings. The van der Waals surface area contributed by atoms with E-state index in [0.717, 1.165) is 6.42 Å². The van der Waals surface area contributed by atoms with Gasteiger partial charge >= 0.3 is 0 Å². The molecule has 3 atom stereocenters. The van der Waals surface area contributed by atoms with Crippen molar-refractivity contribution in [2.24, 2.45) is 11.8 Å². The molecule has 0 bridgehead atoms. The van der Waals surface area contributed by atoms with E-state index in [1.54, 1.807) is 24.5 Å². The predicted octanol–water partition coefficient (Wildman–Crippen LogP) is 2.64. The van der Waals surface area contributed by atoms with Crippen LogP contribution in [0.5, 0.6) is 0 Å². The Kier molecular flexibility index (Phi) is 3.77. The molecule has 0 unspecified atom stereocenters. The van der Waals surface area contributed by atoms with Gasteiger partial charge < -0.3 is 5.32 Å². The summed E-state index contributed by atoms with van der Waals surface area (Å²) in [6.45, 7) is 4.51. The van der Waals surface area contributed by atoms with E-state index in [1.807, 2.05) is 0 Å². The summed E-state index contributed by atoms with van der Waals surface area (Å²) in [6.07, 6.45) is 6.90. The number of carbonyl (C=O) groups is 1. The van der Waals surface area contributed by atoms with Crippen LogP contribution in [0.25, 0.3) is 0 Å². The molecule has 1 aliphatic carbocycles. The highest BCUT2D eigenvalue weighted by Crippen LogP contribution is 2.29. The number of carbonyl (C=O) groups excluding carboxylic acids is 1. The van der Waals surface area contributed by atoms with Crippen molar-refractivity contribution in [3.8, 4) is 0 Å². The fraction of sp³-hybridized carbons (Fsp3) is 0.571. The van der Waals surface area contributed by atoms with Crippen LogP contribution in [0.2, 0.25) is 0 Å². The molecule has 1 N–H and O–H groups in total. The van der Waals surface area contributed by atoms with Crippen LogP contribution in [-0.4, -0.2) is 16.9 Å². The van der Waals surface area contributed by atoms with Crippen molar-refractivity contribution in [3.63, 3.8) is 0 Å². The van der Waals surface area contributed by atoms with E-state index in [9.17, 15) is 4.79 Å².